The molecule has 6 N–H and O–H groups in total. The number of β-lactam (4-membered cyclic amide) rings is 1. The molecule has 0 spiro atoms. The Morgan fingerprint density at radius 2 is 2.14 bits per heavy atom. The van der Waals surface area contributed by atoms with Crippen LogP contribution in [-0.2, 0) is 19.2 Å². The van der Waals surface area contributed by atoms with Gasteiger partial charge in [-0.2, -0.15) is 9.36 Å². The Labute approximate surface area is 207 Å². The molecule has 0 unspecified atom stereocenters. The molecular weight excluding hydrogens is 500 g/mol. The van der Waals surface area contributed by atoms with Gasteiger partial charge in [-0.15, -0.1) is 11.8 Å². The minimum atomic E-state index is -1.31. The molecule has 2 atom stereocenters. The summed E-state index contributed by atoms with van der Waals surface area (Å²) in [7, 11) is 1.79. The number of nitrogens with zero attached hydrogens (tertiary/aromatic N) is 5. The molecule has 4 heterocycles. The summed E-state index contributed by atoms with van der Waals surface area (Å²) in [5, 5.41) is 26.8. The van der Waals surface area contributed by atoms with Crippen molar-refractivity contribution in [2.75, 3.05) is 38.2 Å². The predicted octanol–water partition coefficient (Wildman–Crippen LogP) is -1.58. The van der Waals surface area contributed by atoms with Gasteiger partial charge in [-0.25, -0.2) is 4.79 Å². The number of carboxylic acid groups (broad SMARTS) is 1. The number of carbonyl (C=O) groups excluding carboxylic acids is 3. The third-order valence-electron chi connectivity index (χ3n) is 5.65. The van der Waals surface area contributed by atoms with Gasteiger partial charge < -0.3 is 31.6 Å². The maximum absolute atomic E-state index is 12.9. The number of likely N-dealkylation sites (N-methyl/N-ethyl adjacent to an activating group) is 1. The first-order valence-corrected chi connectivity index (χ1v) is 12.3. The summed E-state index contributed by atoms with van der Waals surface area (Å²) in [6, 6.07) is -1.05. The fourth-order valence-electron chi connectivity index (χ4n) is 3.96. The molecule has 0 aliphatic carbocycles. The summed E-state index contributed by atoms with van der Waals surface area (Å²) >= 11 is 2.05. The normalized spacial score (nSPS) is 23.6. The molecule has 14 nitrogen and oxygen atoms in total. The number of rotatable bonds is 8. The second-order valence-corrected chi connectivity index (χ2v) is 9.65. The van der Waals surface area contributed by atoms with Crippen LogP contribution in [0.2, 0.25) is 0 Å². The number of amides is 3. The number of nitrogens with one attached hydrogen (secondary N) is 2. The first-order valence-electron chi connectivity index (χ1n) is 10.4. The van der Waals surface area contributed by atoms with E-state index in [9.17, 15) is 29.5 Å². The lowest BCUT2D eigenvalue weighted by atomic mass is 10.0. The monoisotopic (exact) mass is 522 g/mol. The molecule has 1 aromatic rings. The van der Waals surface area contributed by atoms with E-state index in [1.54, 1.807) is 18.0 Å². The highest BCUT2D eigenvalue weighted by Crippen LogP contribution is 2.41. The van der Waals surface area contributed by atoms with Crippen molar-refractivity contribution in [2.45, 2.75) is 17.8 Å². The number of hydrogen-bond donors (Lipinski definition) is 5. The van der Waals surface area contributed by atoms with Crippen LogP contribution < -0.4 is 16.4 Å². The first kappa shape index (κ1) is 24.6. The predicted molar refractivity (Wildman–Crippen MR) is 126 cm³/mol. The molecule has 4 rings (SSSR count). The first-order chi connectivity index (χ1) is 16.8. The largest absolute Gasteiger partial charge is 0.477 e. The zero-order chi connectivity index (χ0) is 25.3. The van der Waals surface area contributed by atoms with Crippen molar-refractivity contribution in [1.29, 1.82) is 0 Å². The summed E-state index contributed by atoms with van der Waals surface area (Å²) < 4.78 is 3.81. The van der Waals surface area contributed by atoms with Crippen molar-refractivity contribution in [3.05, 3.63) is 28.7 Å². The minimum Gasteiger partial charge on any atom is -0.477 e. The number of hydrogen-bond acceptors (Lipinski definition) is 12. The highest BCUT2D eigenvalue weighted by molar-refractivity contribution is 8.00. The van der Waals surface area contributed by atoms with Crippen LogP contribution in [0.15, 0.2) is 28.1 Å². The van der Waals surface area contributed by atoms with Crippen molar-refractivity contribution in [3.63, 3.8) is 0 Å². The number of fused-ring (bicyclic) bond motifs is 1. The molecule has 1 aromatic heterocycles. The summed E-state index contributed by atoms with van der Waals surface area (Å²) in [4.78, 5) is 56.7. The molecule has 0 bridgehead atoms. The Balaban J connectivity index is 1.51. The third kappa shape index (κ3) is 4.59. The van der Waals surface area contributed by atoms with Crippen LogP contribution in [0.25, 0.3) is 0 Å². The number of oxime groups is 1. The van der Waals surface area contributed by atoms with E-state index in [4.69, 9.17) is 5.73 Å². The van der Waals surface area contributed by atoms with Crippen molar-refractivity contribution in [3.8, 4) is 0 Å². The molecule has 0 radical (unpaired) electrons. The summed E-state index contributed by atoms with van der Waals surface area (Å²) in [5.74, 6) is -2.98. The number of carboxylic acids is 1. The Hall–Kier alpha value is -3.50. The van der Waals surface area contributed by atoms with Gasteiger partial charge in [-0.1, -0.05) is 5.16 Å². The molecule has 3 aliphatic rings. The topological polar surface area (TPSA) is 203 Å². The van der Waals surface area contributed by atoms with Gasteiger partial charge >= 0.3 is 5.97 Å². The van der Waals surface area contributed by atoms with Gasteiger partial charge in [0.15, 0.2) is 5.13 Å². The van der Waals surface area contributed by atoms with Gasteiger partial charge in [-0.3, -0.25) is 19.3 Å². The Morgan fingerprint density at radius 1 is 1.37 bits per heavy atom. The van der Waals surface area contributed by atoms with Gasteiger partial charge in [0, 0.05) is 42.5 Å². The number of nitrogens with two attached hydrogens (primary N) is 1. The van der Waals surface area contributed by atoms with Crippen molar-refractivity contribution < 1.29 is 29.5 Å². The number of thioether (sulfide) groups is 1. The highest BCUT2D eigenvalue weighted by Gasteiger charge is 2.54. The summed E-state index contributed by atoms with van der Waals surface area (Å²) in [5.41, 5.74) is 5.60. The number of likely N-dealkylation sites (tertiary alicyclic amines) is 1. The Bertz CT molecular complexity index is 1180. The van der Waals surface area contributed by atoms with Crippen LogP contribution >= 0.6 is 23.3 Å². The molecule has 16 heteroatoms. The number of carbonyl (C=O) groups is 4. The van der Waals surface area contributed by atoms with Crippen LogP contribution in [0.3, 0.4) is 0 Å². The average Bonchev–Trinajstić information content (AvgIpc) is 3.41. The number of anilines is 1. The Morgan fingerprint density at radius 3 is 2.77 bits per heavy atom. The molecular formula is C19H22N8O6S2. The lowest BCUT2D eigenvalue weighted by molar-refractivity contribution is -0.150. The van der Waals surface area contributed by atoms with E-state index in [1.807, 2.05) is 0 Å². The van der Waals surface area contributed by atoms with Gasteiger partial charge in [0.25, 0.3) is 11.8 Å². The molecule has 2 saturated heterocycles. The SMILES string of the molecule is CNCCN1CC/C(=C\C2=C(C(=O)O)N3C(=O)[C@@H](NC(=O)/C(=N\O)c4nsc(N)n4)[C@H]3SC2)C1=O. The fourth-order valence-corrected chi connectivity index (χ4v) is 5.70. The van der Waals surface area contributed by atoms with Crippen LogP contribution in [0.4, 0.5) is 5.13 Å². The molecule has 35 heavy (non-hydrogen) atoms. The number of nitrogen functional groups attached to an aromatic ring is 1. The molecule has 2 fully saturated rings. The van der Waals surface area contributed by atoms with E-state index in [-0.39, 0.29) is 28.3 Å². The van der Waals surface area contributed by atoms with Crippen molar-refractivity contribution in [1.82, 2.24) is 29.8 Å². The maximum atomic E-state index is 12.9. The molecule has 186 valence electrons. The maximum Gasteiger partial charge on any atom is 0.352 e. The molecule has 3 aliphatic heterocycles. The van der Waals surface area contributed by atoms with E-state index in [0.29, 0.717) is 37.2 Å². The number of allylic oxidation sites excluding steroid dienone is 1. The van der Waals surface area contributed by atoms with Crippen molar-refractivity contribution >= 4 is 57.8 Å². The third-order valence-corrected chi connectivity index (χ3v) is 7.49. The van der Waals surface area contributed by atoms with E-state index >= 15 is 0 Å². The average molecular weight is 523 g/mol. The van der Waals surface area contributed by atoms with Crippen LogP contribution in [-0.4, -0.2) is 103 Å². The summed E-state index contributed by atoms with van der Waals surface area (Å²) in [6.45, 7) is 1.73. The second kappa shape index (κ2) is 10.0. The van der Waals surface area contributed by atoms with Gasteiger partial charge in [0.2, 0.25) is 17.4 Å². The van der Waals surface area contributed by atoms with Crippen LogP contribution in [0.5, 0.6) is 0 Å². The van der Waals surface area contributed by atoms with Crippen molar-refractivity contribution in [2.24, 2.45) is 5.16 Å². The standard InChI is InChI=1S/C19H22N8O6S2/c1-21-3-5-26-4-2-8(15(26)29)6-9-7-34-17-11(16(30)27(17)12(9)18(31)32)22-14(28)10(24-33)13-23-19(20)35-25-13/h6,11,17,21,33H,2-5,7H2,1H3,(H,22,28)(H,31,32)(H2,20,23,25)/b8-6+,24-10-/t11-,17-/m1/s1. The minimum absolute atomic E-state index is 0.0615. The second-order valence-electron chi connectivity index (χ2n) is 7.76. The fraction of sp³-hybridized carbons (Fsp3) is 0.421. The van der Waals surface area contributed by atoms with Gasteiger partial charge in [0.1, 0.15) is 17.1 Å². The van der Waals surface area contributed by atoms with E-state index in [2.05, 4.69) is 25.1 Å². The summed E-state index contributed by atoms with van der Waals surface area (Å²) in [6.07, 6.45) is 2.04. The van der Waals surface area contributed by atoms with Crippen LogP contribution in [0, 0.1) is 0 Å². The number of aromatic nitrogens is 2. The van der Waals surface area contributed by atoms with E-state index in [1.165, 1.54) is 11.8 Å². The lowest BCUT2D eigenvalue weighted by Crippen LogP contribution is -2.71. The quantitative estimate of drug-likeness (QED) is 0.0866. The highest BCUT2D eigenvalue weighted by atomic mass is 32.2. The lowest BCUT2D eigenvalue weighted by Gasteiger charge is -2.49. The zero-order valence-electron chi connectivity index (χ0n) is 18.4. The van der Waals surface area contributed by atoms with Crippen LogP contribution in [0.1, 0.15) is 12.2 Å². The molecule has 3 amide bonds. The smallest absolute Gasteiger partial charge is 0.352 e. The van der Waals surface area contributed by atoms with E-state index < -0.39 is 34.9 Å². The van der Waals surface area contributed by atoms with Gasteiger partial charge in [-0.05, 0) is 25.1 Å². The molecule has 0 saturated carbocycles. The number of aliphatic carboxylic acids is 1. The zero-order valence-corrected chi connectivity index (χ0v) is 20.1. The van der Waals surface area contributed by atoms with E-state index in [0.717, 1.165) is 16.4 Å². The Kier molecular flexibility index (Phi) is 7.04. The molecule has 0 aromatic carbocycles. The van der Waals surface area contributed by atoms with Gasteiger partial charge in [0.05, 0.1) is 0 Å².